The van der Waals surface area contributed by atoms with Crippen molar-refractivity contribution in [3.05, 3.63) is 47.9 Å². The van der Waals surface area contributed by atoms with Gasteiger partial charge in [-0.25, -0.2) is 4.98 Å². The van der Waals surface area contributed by atoms with Gasteiger partial charge >= 0.3 is 0 Å². The monoisotopic (exact) mass is 349 g/mol. The third-order valence-corrected chi connectivity index (χ3v) is 5.02. The number of pyridine rings is 2. The Bertz CT molecular complexity index is 780. The minimum absolute atomic E-state index is 0.180. The van der Waals surface area contributed by atoms with Crippen LogP contribution in [0.3, 0.4) is 0 Å². The van der Waals surface area contributed by atoms with Gasteiger partial charge in [-0.05, 0) is 43.5 Å². The molecule has 2 saturated heterocycles. The van der Waals surface area contributed by atoms with E-state index in [1.54, 1.807) is 6.20 Å². The molecule has 1 unspecified atom stereocenters. The van der Waals surface area contributed by atoms with E-state index in [2.05, 4.69) is 25.8 Å². The van der Waals surface area contributed by atoms with E-state index in [0.717, 1.165) is 56.4 Å². The van der Waals surface area contributed by atoms with Crippen molar-refractivity contribution in [2.24, 2.45) is 0 Å². The highest BCUT2D eigenvalue weighted by molar-refractivity contribution is 5.52. The zero-order valence-electron chi connectivity index (χ0n) is 14.8. The molecule has 0 radical (unpaired) electrons. The Labute approximate surface area is 154 Å². The quantitative estimate of drug-likeness (QED) is 0.827. The fourth-order valence-electron chi connectivity index (χ4n) is 3.67. The van der Waals surface area contributed by atoms with Crippen LogP contribution in [0.2, 0.25) is 0 Å². The van der Waals surface area contributed by atoms with Crippen LogP contribution in [0.4, 0.5) is 5.82 Å². The molecular weight excluding hydrogens is 326 g/mol. The first-order valence-electron chi connectivity index (χ1n) is 9.26. The van der Waals surface area contributed by atoms with Crippen molar-refractivity contribution < 1.29 is 4.74 Å². The Hall–Kier alpha value is -2.65. The van der Waals surface area contributed by atoms with E-state index in [0.29, 0.717) is 5.56 Å². The first-order chi connectivity index (χ1) is 12.8. The molecule has 2 fully saturated rings. The largest absolute Gasteiger partial charge is 0.485 e. The van der Waals surface area contributed by atoms with Gasteiger partial charge in [-0.15, -0.1) is 0 Å². The fourth-order valence-corrected chi connectivity index (χ4v) is 3.67. The maximum atomic E-state index is 8.86. The summed E-state index contributed by atoms with van der Waals surface area (Å²) in [6.07, 6.45) is 7.12. The second-order valence-electron chi connectivity index (χ2n) is 6.93. The molecule has 2 aromatic heterocycles. The molecule has 0 saturated carbocycles. The van der Waals surface area contributed by atoms with Crippen molar-refractivity contribution in [3.8, 4) is 11.8 Å². The molecule has 0 spiro atoms. The van der Waals surface area contributed by atoms with Crippen LogP contribution in [-0.4, -0.2) is 47.2 Å². The second kappa shape index (κ2) is 7.71. The molecule has 0 aliphatic carbocycles. The average molecular weight is 349 g/mol. The first-order valence-corrected chi connectivity index (χ1v) is 9.26. The number of likely N-dealkylation sites (tertiary alicyclic amines) is 1. The number of hydrogen-bond donors (Lipinski definition) is 0. The van der Waals surface area contributed by atoms with Crippen molar-refractivity contribution in [1.82, 2.24) is 14.9 Å². The zero-order chi connectivity index (χ0) is 17.8. The number of ether oxygens (including phenoxy) is 1. The van der Waals surface area contributed by atoms with Crippen molar-refractivity contribution in [2.45, 2.75) is 31.9 Å². The van der Waals surface area contributed by atoms with E-state index in [9.17, 15) is 0 Å². The maximum absolute atomic E-state index is 8.86. The topological polar surface area (TPSA) is 65.3 Å². The molecular formula is C20H23N5O. The van der Waals surface area contributed by atoms with Crippen LogP contribution >= 0.6 is 0 Å². The molecule has 2 aliphatic heterocycles. The van der Waals surface area contributed by atoms with Gasteiger partial charge in [0.25, 0.3) is 0 Å². The third-order valence-electron chi connectivity index (χ3n) is 5.02. The first kappa shape index (κ1) is 16.8. The minimum atomic E-state index is 0.180. The highest BCUT2D eigenvalue weighted by atomic mass is 16.5. The highest BCUT2D eigenvalue weighted by Crippen LogP contribution is 2.30. The van der Waals surface area contributed by atoms with Gasteiger partial charge in [-0.1, -0.05) is 0 Å². The number of nitrogens with zero attached hydrogens (tertiary/aromatic N) is 5. The van der Waals surface area contributed by atoms with E-state index in [1.165, 1.54) is 12.8 Å². The van der Waals surface area contributed by atoms with Crippen molar-refractivity contribution >= 4 is 5.82 Å². The van der Waals surface area contributed by atoms with E-state index in [4.69, 9.17) is 10.00 Å². The normalized spacial score (nSPS) is 20.3. The molecule has 134 valence electrons. The SMILES string of the molecule is N#Cc1ccc(CN2CCC(Oc3cccnc3N3CCCC3)C2)nc1. The summed E-state index contributed by atoms with van der Waals surface area (Å²) < 4.78 is 6.31. The lowest BCUT2D eigenvalue weighted by atomic mass is 10.2. The summed E-state index contributed by atoms with van der Waals surface area (Å²) in [7, 11) is 0. The Morgan fingerprint density at radius 3 is 2.81 bits per heavy atom. The molecule has 0 N–H and O–H groups in total. The summed E-state index contributed by atoms with van der Waals surface area (Å²) in [5, 5.41) is 8.86. The van der Waals surface area contributed by atoms with Gasteiger partial charge in [-0.2, -0.15) is 5.26 Å². The van der Waals surface area contributed by atoms with Crippen molar-refractivity contribution in [3.63, 3.8) is 0 Å². The Kier molecular flexibility index (Phi) is 4.98. The van der Waals surface area contributed by atoms with Crippen LogP contribution < -0.4 is 9.64 Å². The van der Waals surface area contributed by atoms with E-state index in [-0.39, 0.29) is 6.10 Å². The summed E-state index contributed by atoms with van der Waals surface area (Å²) in [5.41, 5.74) is 1.59. The Balaban J connectivity index is 1.36. The maximum Gasteiger partial charge on any atom is 0.171 e. The summed E-state index contributed by atoms with van der Waals surface area (Å²) in [6, 6.07) is 9.84. The zero-order valence-corrected chi connectivity index (χ0v) is 14.8. The molecule has 2 aliphatic rings. The third kappa shape index (κ3) is 3.78. The molecule has 26 heavy (non-hydrogen) atoms. The van der Waals surface area contributed by atoms with Crippen LogP contribution in [-0.2, 0) is 6.54 Å². The van der Waals surface area contributed by atoms with Crippen LogP contribution in [0.1, 0.15) is 30.5 Å². The smallest absolute Gasteiger partial charge is 0.171 e. The molecule has 0 amide bonds. The van der Waals surface area contributed by atoms with Crippen LogP contribution in [0, 0.1) is 11.3 Å². The molecule has 2 aromatic rings. The average Bonchev–Trinajstić information content (AvgIpc) is 3.35. The molecule has 6 heteroatoms. The lowest BCUT2D eigenvalue weighted by Gasteiger charge is -2.22. The van der Waals surface area contributed by atoms with Gasteiger partial charge < -0.3 is 9.64 Å². The predicted octanol–water partition coefficient (Wildman–Crippen LogP) is 2.60. The van der Waals surface area contributed by atoms with E-state index in [1.807, 2.05) is 30.5 Å². The van der Waals surface area contributed by atoms with E-state index >= 15 is 0 Å². The van der Waals surface area contributed by atoms with E-state index < -0.39 is 0 Å². The summed E-state index contributed by atoms with van der Waals surface area (Å²) >= 11 is 0. The number of aromatic nitrogens is 2. The van der Waals surface area contributed by atoms with Gasteiger partial charge in [0, 0.05) is 45.1 Å². The molecule has 1 atom stereocenters. The lowest BCUT2D eigenvalue weighted by Crippen LogP contribution is -2.26. The second-order valence-corrected chi connectivity index (χ2v) is 6.93. The number of nitriles is 1. The predicted molar refractivity (Wildman–Crippen MR) is 98.9 cm³/mol. The summed E-state index contributed by atoms with van der Waals surface area (Å²) in [5.74, 6) is 1.88. The Morgan fingerprint density at radius 2 is 2.04 bits per heavy atom. The van der Waals surface area contributed by atoms with Crippen molar-refractivity contribution in [1.29, 1.82) is 5.26 Å². The Morgan fingerprint density at radius 1 is 1.15 bits per heavy atom. The van der Waals surface area contributed by atoms with Crippen LogP contribution in [0.5, 0.6) is 5.75 Å². The van der Waals surface area contributed by atoms with Crippen LogP contribution in [0.15, 0.2) is 36.7 Å². The molecule has 4 heterocycles. The molecule has 0 bridgehead atoms. The van der Waals surface area contributed by atoms with Gasteiger partial charge in [0.2, 0.25) is 0 Å². The molecule has 4 rings (SSSR count). The summed E-state index contributed by atoms with van der Waals surface area (Å²) in [4.78, 5) is 13.6. The van der Waals surface area contributed by atoms with Crippen LogP contribution in [0.25, 0.3) is 0 Å². The van der Waals surface area contributed by atoms with Gasteiger partial charge in [0.05, 0.1) is 11.3 Å². The van der Waals surface area contributed by atoms with Crippen molar-refractivity contribution in [2.75, 3.05) is 31.1 Å². The minimum Gasteiger partial charge on any atom is -0.485 e. The number of rotatable bonds is 5. The fraction of sp³-hybridized carbons (Fsp3) is 0.450. The molecule has 0 aromatic carbocycles. The van der Waals surface area contributed by atoms with Gasteiger partial charge in [0.1, 0.15) is 12.2 Å². The molecule has 6 nitrogen and oxygen atoms in total. The standard InChI is InChI=1S/C20H23N5O/c21-12-16-5-6-17(23-13-16)14-24-11-7-18(15-24)26-19-4-3-8-22-20(19)25-9-1-2-10-25/h3-6,8,13,18H,1-2,7,9-11,14-15H2. The number of hydrogen-bond acceptors (Lipinski definition) is 6. The number of anilines is 1. The van der Waals surface area contributed by atoms with Gasteiger partial charge in [-0.3, -0.25) is 9.88 Å². The lowest BCUT2D eigenvalue weighted by molar-refractivity contribution is 0.197. The van der Waals surface area contributed by atoms with Gasteiger partial charge in [0.15, 0.2) is 11.6 Å². The summed E-state index contributed by atoms with van der Waals surface area (Å²) in [6.45, 7) is 4.79. The highest BCUT2D eigenvalue weighted by Gasteiger charge is 2.26.